The number of hydrazine groups is 1. The quantitative estimate of drug-likeness (QED) is 0.488. The average Bonchev–Trinajstić information content (AvgIpc) is 2.82. The van der Waals surface area contributed by atoms with Crippen LogP contribution in [-0.2, 0) is 11.2 Å². The number of nitrogens with zero attached hydrogens (tertiary/aromatic N) is 3. The van der Waals surface area contributed by atoms with Gasteiger partial charge in [0.2, 0.25) is 5.91 Å². The van der Waals surface area contributed by atoms with Crippen LogP contribution in [0.1, 0.15) is 31.6 Å². The van der Waals surface area contributed by atoms with Gasteiger partial charge in [-0.05, 0) is 25.5 Å². The van der Waals surface area contributed by atoms with Crippen LogP contribution in [0.15, 0.2) is 24.3 Å². The van der Waals surface area contributed by atoms with Crippen LogP contribution in [0.25, 0.3) is 11.0 Å². The van der Waals surface area contributed by atoms with Gasteiger partial charge in [-0.2, -0.15) is 5.26 Å². The van der Waals surface area contributed by atoms with Crippen molar-refractivity contribution in [3.63, 3.8) is 0 Å². The molecule has 0 saturated heterocycles. The molecule has 0 radical (unpaired) electrons. The van der Waals surface area contributed by atoms with Crippen molar-refractivity contribution >= 4 is 16.9 Å². The second kappa shape index (κ2) is 6.17. The monoisotopic (exact) mass is 271 g/mol. The molecule has 0 saturated carbocycles. The number of aromatic nitrogens is 2. The zero-order chi connectivity index (χ0) is 14.5. The summed E-state index contributed by atoms with van der Waals surface area (Å²) in [5.74, 6) is 5.62. The second-order valence-electron chi connectivity index (χ2n) is 4.68. The smallest absolute Gasteiger partial charge is 0.233 e. The highest BCUT2D eigenvalue weighted by Gasteiger charge is 2.16. The number of rotatable bonds is 5. The molecule has 104 valence electrons. The summed E-state index contributed by atoms with van der Waals surface area (Å²) in [6.07, 6.45) is 1.24. The van der Waals surface area contributed by atoms with E-state index in [4.69, 9.17) is 11.1 Å². The largest absolute Gasteiger partial charge is 0.324 e. The van der Waals surface area contributed by atoms with Crippen LogP contribution < -0.4 is 11.3 Å². The van der Waals surface area contributed by atoms with Crippen LogP contribution in [0.5, 0.6) is 0 Å². The first-order valence-electron chi connectivity index (χ1n) is 6.49. The summed E-state index contributed by atoms with van der Waals surface area (Å²) < 4.78 is 2.03. The Balaban J connectivity index is 2.33. The number of carbonyl (C=O) groups excluding carboxylic acids is 1. The summed E-state index contributed by atoms with van der Waals surface area (Å²) >= 11 is 0. The molecule has 0 spiro atoms. The number of nitrogens with one attached hydrogen (secondary N) is 1. The highest BCUT2D eigenvalue weighted by molar-refractivity contribution is 5.76. The summed E-state index contributed by atoms with van der Waals surface area (Å²) in [4.78, 5) is 15.7. The van der Waals surface area contributed by atoms with Crippen LogP contribution in [0.2, 0.25) is 0 Å². The van der Waals surface area contributed by atoms with Gasteiger partial charge < -0.3 is 4.57 Å². The van der Waals surface area contributed by atoms with Gasteiger partial charge in [-0.3, -0.25) is 10.2 Å². The number of para-hydroxylation sites is 2. The number of fused-ring (bicyclic) bond motifs is 1. The third-order valence-corrected chi connectivity index (χ3v) is 3.30. The van der Waals surface area contributed by atoms with E-state index in [0.29, 0.717) is 12.8 Å². The number of nitrogens with two attached hydrogens (primary N) is 1. The van der Waals surface area contributed by atoms with Crippen LogP contribution >= 0.6 is 0 Å². The Labute approximate surface area is 117 Å². The molecule has 0 aliphatic heterocycles. The molecule has 6 nitrogen and oxygen atoms in total. The van der Waals surface area contributed by atoms with Crippen molar-refractivity contribution in [1.29, 1.82) is 5.26 Å². The maximum atomic E-state index is 11.2. The standard InChI is InChI=1S/C14H17N5O/c1-10(6-7-14(20)18-16)19-12-5-3-2-4-11(12)17-13(19)8-9-15/h2-5,10H,6-8,16H2,1H3,(H,18,20). The Hall–Kier alpha value is -2.39. The molecule has 0 aliphatic carbocycles. The predicted octanol–water partition coefficient (Wildman–Crippen LogP) is 1.43. The summed E-state index contributed by atoms with van der Waals surface area (Å²) in [7, 11) is 0. The molecule has 2 rings (SSSR count). The van der Waals surface area contributed by atoms with E-state index in [1.807, 2.05) is 35.8 Å². The van der Waals surface area contributed by atoms with E-state index in [1.54, 1.807) is 0 Å². The normalized spacial score (nSPS) is 12.1. The van der Waals surface area contributed by atoms with E-state index in [0.717, 1.165) is 16.9 Å². The molecule has 1 atom stereocenters. The Bertz CT molecular complexity index is 655. The van der Waals surface area contributed by atoms with Crippen molar-refractivity contribution in [2.24, 2.45) is 5.84 Å². The molecule has 1 heterocycles. The molecule has 0 bridgehead atoms. The van der Waals surface area contributed by atoms with E-state index in [-0.39, 0.29) is 18.4 Å². The van der Waals surface area contributed by atoms with Crippen molar-refractivity contribution < 1.29 is 4.79 Å². The minimum Gasteiger partial charge on any atom is -0.324 e. The minimum absolute atomic E-state index is 0.0723. The Kier molecular flexibility index (Phi) is 4.33. The maximum Gasteiger partial charge on any atom is 0.233 e. The summed E-state index contributed by atoms with van der Waals surface area (Å²) in [5.41, 5.74) is 3.98. The highest BCUT2D eigenvalue weighted by atomic mass is 16.2. The molecule has 1 amide bonds. The van der Waals surface area contributed by atoms with E-state index >= 15 is 0 Å². The van der Waals surface area contributed by atoms with Crippen LogP contribution in [0.3, 0.4) is 0 Å². The lowest BCUT2D eigenvalue weighted by atomic mass is 10.1. The van der Waals surface area contributed by atoms with Gasteiger partial charge in [0.05, 0.1) is 23.5 Å². The number of hydrogen-bond acceptors (Lipinski definition) is 4. The van der Waals surface area contributed by atoms with Gasteiger partial charge in [0.1, 0.15) is 5.82 Å². The first-order chi connectivity index (χ1) is 9.67. The van der Waals surface area contributed by atoms with Crippen molar-refractivity contribution in [1.82, 2.24) is 15.0 Å². The lowest BCUT2D eigenvalue weighted by Crippen LogP contribution is -2.30. The topological polar surface area (TPSA) is 96.7 Å². The van der Waals surface area contributed by atoms with Gasteiger partial charge in [-0.25, -0.2) is 10.8 Å². The zero-order valence-corrected chi connectivity index (χ0v) is 11.3. The Morgan fingerprint density at radius 2 is 2.30 bits per heavy atom. The molecule has 3 N–H and O–H groups in total. The fourth-order valence-electron chi connectivity index (χ4n) is 2.32. The van der Waals surface area contributed by atoms with Crippen molar-refractivity contribution in [2.75, 3.05) is 0 Å². The van der Waals surface area contributed by atoms with Crippen LogP contribution in [0.4, 0.5) is 0 Å². The Morgan fingerprint density at radius 3 is 3.00 bits per heavy atom. The van der Waals surface area contributed by atoms with Gasteiger partial charge in [0.25, 0.3) is 0 Å². The third-order valence-electron chi connectivity index (χ3n) is 3.30. The van der Waals surface area contributed by atoms with Crippen molar-refractivity contribution in [2.45, 2.75) is 32.2 Å². The number of hydrogen-bond donors (Lipinski definition) is 2. The fraction of sp³-hybridized carbons (Fsp3) is 0.357. The minimum atomic E-state index is -0.192. The van der Waals surface area contributed by atoms with E-state index < -0.39 is 0 Å². The molecule has 6 heteroatoms. The highest BCUT2D eigenvalue weighted by Crippen LogP contribution is 2.24. The number of imidazole rings is 1. The van der Waals surface area contributed by atoms with E-state index in [9.17, 15) is 4.79 Å². The maximum absolute atomic E-state index is 11.2. The lowest BCUT2D eigenvalue weighted by molar-refractivity contribution is -0.121. The molecule has 1 aromatic carbocycles. The number of carbonyl (C=O) groups is 1. The number of benzene rings is 1. The number of amides is 1. The molecule has 1 aromatic heterocycles. The first kappa shape index (κ1) is 14.0. The van der Waals surface area contributed by atoms with Crippen molar-refractivity contribution in [3.05, 3.63) is 30.1 Å². The van der Waals surface area contributed by atoms with Crippen molar-refractivity contribution in [3.8, 4) is 6.07 Å². The molecule has 2 aromatic rings. The molecule has 0 aliphatic rings. The summed E-state index contributed by atoms with van der Waals surface area (Å²) in [6, 6.07) is 9.96. The van der Waals surface area contributed by atoms with Gasteiger partial charge in [0.15, 0.2) is 0 Å². The van der Waals surface area contributed by atoms with Gasteiger partial charge >= 0.3 is 0 Å². The lowest BCUT2D eigenvalue weighted by Gasteiger charge is -2.16. The van der Waals surface area contributed by atoms with E-state index in [1.165, 1.54) is 0 Å². The molecule has 1 unspecified atom stereocenters. The average molecular weight is 271 g/mol. The van der Waals surface area contributed by atoms with Crippen LogP contribution in [-0.4, -0.2) is 15.5 Å². The van der Waals surface area contributed by atoms with E-state index in [2.05, 4.69) is 16.5 Å². The first-order valence-corrected chi connectivity index (χ1v) is 6.49. The van der Waals surface area contributed by atoms with Crippen LogP contribution in [0, 0.1) is 11.3 Å². The van der Waals surface area contributed by atoms with Gasteiger partial charge in [-0.1, -0.05) is 12.1 Å². The fourth-order valence-corrected chi connectivity index (χ4v) is 2.32. The van der Waals surface area contributed by atoms with Gasteiger partial charge in [-0.15, -0.1) is 0 Å². The Morgan fingerprint density at radius 1 is 1.55 bits per heavy atom. The third kappa shape index (κ3) is 2.78. The second-order valence-corrected chi connectivity index (χ2v) is 4.68. The summed E-state index contributed by atoms with van der Waals surface area (Å²) in [5, 5.41) is 8.92. The predicted molar refractivity (Wildman–Crippen MR) is 75.3 cm³/mol. The number of nitriles is 1. The molecule has 20 heavy (non-hydrogen) atoms. The molecule has 0 fully saturated rings. The molecular formula is C14H17N5O. The molecular weight excluding hydrogens is 254 g/mol. The SMILES string of the molecule is CC(CCC(=O)NN)n1c(CC#N)nc2ccccc21. The van der Waals surface area contributed by atoms with Gasteiger partial charge in [0, 0.05) is 12.5 Å². The zero-order valence-electron chi connectivity index (χ0n) is 11.3. The summed E-state index contributed by atoms with van der Waals surface area (Å²) in [6.45, 7) is 2.01.